The summed E-state index contributed by atoms with van der Waals surface area (Å²) in [5, 5.41) is 4.13. The summed E-state index contributed by atoms with van der Waals surface area (Å²) in [7, 11) is 1.82. The number of hydrogen-bond acceptors (Lipinski definition) is 5. The second kappa shape index (κ2) is 9.09. The molecule has 0 aliphatic carbocycles. The Morgan fingerprint density at radius 3 is 2.83 bits per heavy atom. The lowest BCUT2D eigenvalue weighted by Crippen LogP contribution is -2.29. The van der Waals surface area contributed by atoms with Crippen LogP contribution in [0.15, 0.2) is 61.2 Å². The van der Waals surface area contributed by atoms with Crippen LogP contribution in [0.5, 0.6) is 5.75 Å². The molecule has 0 radical (unpaired) electrons. The summed E-state index contributed by atoms with van der Waals surface area (Å²) >= 11 is 0. The van der Waals surface area contributed by atoms with Gasteiger partial charge in [-0.25, -0.2) is 9.67 Å². The van der Waals surface area contributed by atoms with Crippen molar-refractivity contribution >= 4 is 5.91 Å². The van der Waals surface area contributed by atoms with Crippen LogP contribution in [-0.4, -0.2) is 51.9 Å². The van der Waals surface area contributed by atoms with E-state index in [0.29, 0.717) is 17.9 Å². The molecule has 1 fully saturated rings. The first-order chi connectivity index (χ1) is 14.6. The average molecular weight is 406 g/mol. The summed E-state index contributed by atoms with van der Waals surface area (Å²) in [6, 6.07) is 15.2. The van der Waals surface area contributed by atoms with Crippen molar-refractivity contribution in [2.45, 2.75) is 31.9 Å². The van der Waals surface area contributed by atoms with E-state index in [4.69, 9.17) is 9.47 Å². The molecule has 0 N–H and O–H groups in total. The molecule has 4 rings (SSSR count). The van der Waals surface area contributed by atoms with Crippen LogP contribution in [-0.2, 0) is 4.74 Å². The first-order valence-electron chi connectivity index (χ1n) is 10.2. The van der Waals surface area contributed by atoms with Crippen molar-refractivity contribution in [2.75, 3.05) is 20.3 Å². The molecule has 0 saturated carbocycles. The molecule has 2 aromatic carbocycles. The Balaban J connectivity index is 1.41. The van der Waals surface area contributed by atoms with Gasteiger partial charge in [-0.3, -0.25) is 4.79 Å². The number of carbonyl (C=O) groups excluding carboxylic acids is 1. The molecule has 0 bridgehead atoms. The lowest BCUT2D eigenvalue weighted by Gasteiger charge is -2.26. The van der Waals surface area contributed by atoms with Crippen LogP contribution >= 0.6 is 0 Å². The standard InChI is InChI=1S/C23H26N4O3/c1-17(18-8-10-20(11-9-18)27-16-24-15-25-27)26(2)23(28)19-5-3-6-21(13-19)30-14-22-7-4-12-29-22/h3,5-6,8-11,13,15-17,22H,4,7,12,14H2,1-2H3. The highest BCUT2D eigenvalue weighted by Gasteiger charge is 2.20. The largest absolute Gasteiger partial charge is 0.491 e. The van der Waals surface area contributed by atoms with E-state index in [-0.39, 0.29) is 18.1 Å². The molecule has 1 aromatic heterocycles. The van der Waals surface area contributed by atoms with E-state index in [1.54, 1.807) is 22.0 Å². The van der Waals surface area contributed by atoms with E-state index in [2.05, 4.69) is 10.1 Å². The fraction of sp³-hybridized carbons (Fsp3) is 0.348. The van der Waals surface area contributed by atoms with Crippen molar-refractivity contribution in [1.29, 1.82) is 0 Å². The van der Waals surface area contributed by atoms with Gasteiger partial charge in [0, 0.05) is 19.2 Å². The number of hydrogen-bond donors (Lipinski definition) is 0. The minimum absolute atomic E-state index is 0.0505. The average Bonchev–Trinajstić information content (AvgIpc) is 3.51. The lowest BCUT2D eigenvalue weighted by molar-refractivity contribution is 0.0677. The van der Waals surface area contributed by atoms with E-state index < -0.39 is 0 Å². The Morgan fingerprint density at radius 1 is 1.30 bits per heavy atom. The fourth-order valence-corrected chi connectivity index (χ4v) is 3.53. The Labute approximate surface area is 176 Å². The molecular weight excluding hydrogens is 380 g/mol. The molecule has 156 valence electrons. The van der Waals surface area contributed by atoms with Crippen molar-refractivity contribution in [3.63, 3.8) is 0 Å². The molecule has 2 unspecified atom stereocenters. The van der Waals surface area contributed by atoms with Gasteiger partial charge in [-0.15, -0.1) is 0 Å². The molecule has 30 heavy (non-hydrogen) atoms. The first-order valence-corrected chi connectivity index (χ1v) is 10.2. The van der Waals surface area contributed by atoms with Crippen LogP contribution in [0, 0.1) is 0 Å². The van der Waals surface area contributed by atoms with Gasteiger partial charge in [-0.05, 0) is 55.7 Å². The Kier molecular flexibility index (Phi) is 6.09. The highest BCUT2D eigenvalue weighted by Crippen LogP contribution is 2.24. The summed E-state index contributed by atoms with van der Waals surface area (Å²) in [6.45, 7) is 3.33. The predicted molar refractivity (Wildman–Crippen MR) is 113 cm³/mol. The third-order valence-electron chi connectivity index (χ3n) is 5.50. The highest BCUT2D eigenvalue weighted by atomic mass is 16.5. The number of carbonyl (C=O) groups is 1. The summed E-state index contributed by atoms with van der Waals surface area (Å²) < 4.78 is 13.1. The maximum Gasteiger partial charge on any atom is 0.254 e. The summed E-state index contributed by atoms with van der Waals surface area (Å²) in [4.78, 5) is 18.8. The van der Waals surface area contributed by atoms with E-state index in [9.17, 15) is 4.79 Å². The van der Waals surface area contributed by atoms with Gasteiger partial charge in [0.25, 0.3) is 5.91 Å². The molecule has 7 heteroatoms. The number of rotatable bonds is 7. The van der Waals surface area contributed by atoms with Crippen LogP contribution in [0.1, 0.15) is 41.7 Å². The molecule has 1 amide bonds. The topological polar surface area (TPSA) is 69.5 Å². The van der Waals surface area contributed by atoms with Gasteiger partial charge in [-0.2, -0.15) is 5.10 Å². The van der Waals surface area contributed by atoms with Crippen LogP contribution < -0.4 is 4.74 Å². The third kappa shape index (κ3) is 4.52. The van der Waals surface area contributed by atoms with Crippen LogP contribution in [0.25, 0.3) is 5.69 Å². The SMILES string of the molecule is CC(c1ccc(-n2cncn2)cc1)N(C)C(=O)c1cccc(OCC2CCCO2)c1. The van der Waals surface area contributed by atoms with E-state index in [1.165, 1.54) is 6.33 Å². The van der Waals surface area contributed by atoms with Gasteiger partial charge in [-0.1, -0.05) is 18.2 Å². The van der Waals surface area contributed by atoms with E-state index in [1.807, 2.05) is 56.4 Å². The predicted octanol–water partition coefficient (Wildman–Crippen LogP) is 3.66. The smallest absolute Gasteiger partial charge is 0.254 e. The Hall–Kier alpha value is -3.19. The molecule has 2 atom stereocenters. The van der Waals surface area contributed by atoms with Gasteiger partial charge in [0.05, 0.1) is 17.8 Å². The normalized spacial score (nSPS) is 16.9. The number of benzene rings is 2. The molecule has 2 heterocycles. The van der Waals surface area contributed by atoms with Crippen molar-refractivity contribution in [1.82, 2.24) is 19.7 Å². The second-order valence-electron chi connectivity index (χ2n) is 7.50. The Morgan fingerprint density at radius 2 is 2.13 bits per heavy atom. The van der Waals surface area contributed by atoms with Crippen molar-refractivity contribution in [3.05, 3.63) is 72.3 Å². The maximum absolute atomic E-state index is 13.0. The number of nitrogens with zero attached hydrogens (tertiary/aromatic N) is 4. The molecule has 1 aliphatic rings. The molecule has 1 saturated heterocycles. The van der Waals surface area contributed by atoms with Crippen molar-refractivity contribution < 1.29 is 14.3 Å². The molecular formula is C23H26N4O3. The van der Waals surface area contributed by atoms with Crippen LogP contribution in [0.2, 0.25) is 0 Å². The zero-order valence-corrected chi connectivity index (χ0v) is 17.3. The van der Waals surface area contributed by atoms with Gasteiger partial charge >= 0.3 is 0 Å². The molecule has 1 aliphatic heterocycles. The molecule has 7 nitrogen and oxygen atoms in total. The van der Waals surface area contributed by atoms with Crippen LogP contribution in [0.3, 0.4) is 0 Å². The third-order valence-corrected chi connectivity index (χ3v) is 5.50. The zero-order chi connectivity index (χ0) is 20.9. The lowest BCUT2D eigenvalue weighted by atomic mass is 10.1. The molecule has 3 aromatic rings. The van der Waals surface area contributed by atoms with Crippen LogP contribution in [0.4, 0.5) is 0 Å². The minimum Gasteiger partial charge on any atom is -0.491 e. The summed E-state index contributed by atoms with van der Waals surface area (Å²) in [5.41, 5.74) is 2.57. The number of aromatic nitrogens is 3. The van der Waals surface area contributed by atoms with Gasteiger partial charge in [0.1, 0.15) is 25.0 Å². The minimum atomic E-state index is -0.0845. The second-order valence-corrected chi connectivity index (χ2v) is 7.50. The van der Waals surface area contributed by atoms with Gasteiger partial charge in [0.15, 0.2) is 0 Å². The Bertz CT molecular complexity index is 966. The summed E-state index contributed by atoms with van der Waals surface area (Å²) in [5.74, 6) is 0.639. The quantitative estimate of drug-likeness (QED) is 0.599. The van der Waals surface area contributed by atoms with Gasteiger partial charge < -0.3 is 14.4 Å². The molecule has 0 spiro atoms. The van der Waals surface area contributed by atoms with Gasteiger partial charge in [0.2, 0.25) is 0 Å². The summed E-state index contributed by atoms with van der Waals surface area (Å²) in [6.07, 6.45) is 5.40. The maximum atomic E-state index is 13.0. The highest BCUT2D eigenvalue weighted by molar-refractivity contribution is 5.94. The zero-order valence-electron chi connectivity index (χ0n) is 17.3. The van der Waals surface area contributed by atoms with Crippen molar-refractivity contribution in [2.24, 2.45) is 0 Å². The fourth-order valence-electron chi connectivity index (χ4n) is 3.53. The first kappa shape index (κ1) is 20.1. The monoisotopic (exact) mass is 406 g/mol. The van der Waals surface area contributed by atoms with Crippen molar-refractivity contribution in [3.8, 4) is 11.4 Å². The number of amides is 1. The van der Waals surface area contributed by atoms with E-state index >= 15 is 0 Å². The number of ether oxygens (including phenoxy) is 2. The van der Waals surface area contributed by atoms with E-state index in [0.717, 1.165) is 30.7 Å².